The molecule has 1 saturated heterocycles. The van der Waals surface area contributed by atoms with Gasteiger partial charge in [-0.3, -0.25) is 4.79 Å². The smallest absolute Gasteiger partial charge is 0.233 e. The highest BCUT2D eigenvalue weighted by Gasteiger charge is 2.54. The van der Waals surface area contributed by atoms with Gasteiger partial charge in [0.25, 0.3) is 0 Å². The van der Waals surface area contributed by atoms with Crippen molar-refractivity contribution in [2.45, 2.75) is 44.6 Å². The van der Waals surface area contributed by atoms with E-state index in [0.717, 1.165) is 37.9 Å². The summed E-state index contributed by atoms with van der Waals surface area (Å²) < 4.78 is 0. The number of nitrogens with two attached hydrogens (primary N) is 1. The molecule has 1 aromatic rings. The zero-order chi connectivity index (χ0) is 15.3. The van der Waals surface area contributed by atoms with Gasteiger partial charge in [-0.05, 0) is 42.4 Å². The van der Waals surface area contributed by atoms with Crippen LogP contribution in [0.15, 0.2) is 24.3 Å². The Morgan fingerprint density at radius 1 is 1.27 bits per heavy atom. The first-order valence-electron chi connectivity index (χ1n) is 7.66. The molecule has 2 N–H and O–H groups in total. The van der Waals surface area contributed by atoms with Crippen LogP contribution >= 0.6 is 24.0 Å². The molecular weight excluding hydrogens is 319 g/mol. The van der Waals surface area contributed by atoms with Gasteiger partial charge in [-0.15, -0.1) is 12.4 Å². The van der Waals surface area contributed by atoms with Gasteiger partial charge in [-0.25, -0.2) is 0 Å². The molecule has 1 aromatic carbocycles. The molecule has 0 radical (unpaired) electrons. The monoisotopic (exact) mass is 342 g/mol. The maximum Gasteiger partial charge on any atom is 0.233 e. The normalized spacial score (nSPS) is 25.3. The molecule has 0 spiro atoms. The quantitative estimate of drug-likeness (QED) is 0.895. The molecule has 1 saturated carbocycles. The van der Waals surface area contributed by atoms with Crippen LogP contribution in [0, 0.1) is 5.41 Å². The summed E-state index contributed by atoms with van der Waals surface area (Å²) >= 11 is 5.95. The lowest BCUT2D eigenvalue weighted by Gasteiger charge is -2.43. The second kappa shape index (κ2) is 6.03. The summed E-state index contributed by atoms with van der Waals surface area (Å²) in [6, 6.07) is 7.91. The van der Waals surface area contributed by atoms with Crippen LogP contribution in [0.2, 0.25) is 5.02 Å². The third-order valence-corrected chi connectivity index (χ3v) is 5.41. The number of piperidine rings is 1. The number of hydrogen-bond donors (Lipinski definition) is 1. The number of likely N-dealkylation sites (tertiary alicyclic amines) is 1. The molecular formula is C17H24Cl2N2O. The minimum atomic E-state index is -0.303. The van der Waals surface area contributed by atoms with E-state index in [1.54, 1.807) is 0 Å². The van der Waals surface area contributed by atoms with Crippen molar-refractivity contribution < 1.29 is 4.79 Å². The molecule has 1 atom stereocenters. The van der Waals surface area contributed by atoms with Crippen molar-refractivity contribution in [1.29, 1.82) is 0 Å². The zero-order valence-corrected chi connectivity index (χ0v) is 14.7. The van der Waals surface area contributed by atoms with Gasteiger partial charge in [-0.1, -0.05) is 37.6 Å². The number of carbonyl (C=O) groups excluding carboxylic acids is 1. The Morgan fingerprint density at radius 3 is 2.36 bits per heavy atom. The predicted octanol–water partition coefficient (Wildman–Crippen LogP) is 3.38. The highest BCUT2D eigenvalue weighted by molar-refractivity contribution is 6.30. The highest BCUT2D eigenvalue weighted by Crippen LogP contribution is 2.50. The average molecular weight is 343 g/mol. The number of benzene rings is 1. The summed E-state index contributed by atoms with van der Waals surface area (Å²) in [6.07, 6.45) is 2.77. The Hall–Kier alpha value is -0.770. The first kappa shape index (κ1) is 17.6. The largest absolute Gasteiger partial charge is 0.341 e. The van der Waals surface area contributed by atoms with E-state index in [2.05, 4.69) is 13.8 Å². The first-order chi connectivity index (χ1) is 9.85. The minimum Gasteiger partial charge on any atom is -0.341 e. The van der Waals surface area contributed by atoms with E-state index < -0.39 is 0 Å². The van der Waals surface area contributed by atoms with Crippen molar-refractivity contribution in [1.82, 2.24) is 4.90 Å². The van der Waals surface area contributed by atoms with E-state index in [4.69, 9.17) is 17.3 Å². The van der Waals surface area contributed by atoms with E-state index in [1.807, 2.05) is 29.2 Å². The molecule has 5 heteroatoms. The van der Waals surface area contributed by atoms with Crippen molar-refractivity contribution in [3.63, 3.8) is 0 Å². The second-order valence-electron chi connectivity index (χ2n) is 7.20. The van der Waals surface area contributed by atoms with Gasteiger partial charge in [0.05, 0.1) is 5.41 Å². The third kappa shape index (κ3) is 2.99. The maximum atomic E-state index is 13.0. The number of hydrogen-bond acceptors (Lipinski definition) is 2. The number of rotatable bonds is 2. The van der Waals surface area contributed by atoms with Crippen LogP contribution in [-0.2, 0) is 10.2 Å². The SMILES string of the molecule is CC1(C)CN(C(=O)C2(c3ccc(Cl)cc3)CC2)CCC1N.Cl. The number of amides is 1. The van der Waals surface area contributed by atoms with Crippen LogP contribution in [-0.4, -0.2) is 29.9 Å². The predicted molar refractivity (Wildman–Crippen MR) is 92.6 cm³/mol. The number of halogens is 2. The van der Waals surface area contributed by atoms with Crippen molar-refractivity contribution in [2.24, 2.45) is 11.1 Å². The highest BCUT2D eigenvalue weighted by atomic mass is 35.5. The Balaban J connectivity index is 0.00000176. The van der Waals surface area contributed by atoms with Gasteiger partial charge in [0.1, 0.15) is 0 Å². The van der Waals surface area contributed by atoms with E-state index in [-0.39, 0.29) is 35.2 Å². The summed E-state index contributed by atoms with van der Waals surface area (Å²) in [7, 11) is 0. The van der Waals surface area contributed by atoms with Crippen molar-refractivity contribution in [3.8, 4) is 0 Å². The average Bonchev–Trinajstić information content (AvgIpc) is 3.23. The van der Waals surface area contributed by atoms with E-state index >= 15 is 0 Å². The van der Waals surface area contributed by atoms with E-state index in [1.165, 1.54) is 0 Å². The van der Waals surface area contributed by atoms with Gasteiger partial charge in [0, 0.05) is 24.2 Å². The van der Waals surface area contributed by atoms with Crippen LogP contribution < -0.4 is 5.73 Å². The minimum absolute atomic E-state index is 0. The van der Waals surface area contributed by atoms with Gasteiger partial charge in [-0.2, -0.15) is 0 Å². The fourth-order valence-corrected chi connectivity index (χ4v) is 3.50. The zero-order valence-electron chi connectivity index (χ0n) is 13.1. The molecule has 122 valence electrons. The molecule has 2 fully saturated rings. The molecule has 1 amide bonds. The van der Waals surface area contributed by atoms with Crippen LogP contribution in [0.4, 0.5) is 0 Å². The number of carbonyl (C=O) groups is 1. The van der Waals surface area contributed by atoms with Gasteiger partial charge < -0.3 is 10.6 Å². The Morgan fingerprint density at radius 2 is 1.86 bits per heavy atom. The van der Waals surface area contributed by atoms with Gasteiger partial charge in [0.15, 0.2) is 0 Å². The molecule has 1 unspecified atom stereocenters. The number of nitrogens with zero attached hydrogens (tertiary/aromatic N) is 1. The third-order valence-electron chi connectivity index (χ3n) is 5.16. The Kier molecular flexibility index (Phi) is 4.82. The van der Waals surface area contributed by atoms with Crippen molar-refractivity contribution in [3.05, 3.63) is 34.9 Å². The molecule has 1 aliphatic heterocycles. The lowest BCUT2D eigenvalue weighted by Crippen LogP contribution is -2.55. The molecule has 0 bridgehead atoms. The topological polar surface area (TPSA) is 46.3 Å². The fraction of sp³-hybridized carbons (Fsp3) is 0.588. The van der Waals surface area contributed by atoms with E-state index in [9.17, 15) is 4.79 Å². The van der Waals surface area contributed by atoms with Crippen molar-refractivity contribution >= 4 is 29.9 Å². The Labute approximate surface area is 143 Å². The van der Waals surface area contributed by atoms with Crippen LogP contribution in [0.1, 0.15) is 38.7 Å². The molecule has 3 rings (SSSR count). The Bertz CT molecular complexity index is 552. The first-order valence-corrected chi connectivity index (χ1v) is 8.04. The maximum absolute atomic E-state index is 13.0. The standard InChI is InChI=1S/C17H23ClN2O.ClH/c1-16(2)11-20(10-7-14(16)19)15(21)17(8-9-17)12-3-5-13(18)6-4-12;/h3-6,14H,7-11,19H2,1-2H3;1H. The summed E-state index contributed by atoms with van der Waals surface area (Å²) in [4.78, 5) is 15.0. The summed E-state index contributed by atoms with van der Waals surface area (Å²) in [5, 5.41) is 0.715. The van der Waals surface area contributed by atoms with Crippen LogP contribution in [0.25, 0.3) is 0 Å². The second-order valence-corrected chi connectivity index (χ2v) is 7.64. The molecule has 22 heavy (non-hydrogen) atoms. The molecule has 1 heterocycles. The van der Waals surface area contributed by atoms with Crippen molar-refractivity contribution in [2.75, 3.05) is 13.1 Å². The lowest BCUT2D eigenvalue weighted by atomic mass is 9.79. The summed E-state index contributed by atoms with van der Waals surface area (Å²) in [5.41, 5.74) is 6.96. The molecule has 0 aromatic heterocycles. The van der Waals surface area contributed by atoms with Crippen LogP contribution in [0.5, 0.6) is 0 Å². The fourth-order valence-electron chi connectivity index (χ4n) is 3.37. The molecule has 3 nitrogen and oxygen atoms in total. The molecule has 2 aliphatic rings. The van der Waals surface area contributed by atoms with Gasteiger partial charge in [0.2, 0.25) is 5.91 Å². The van der Waals surface area contributed by atoms with E-state index in [0.29, 0.717) is 5.02 Å². The summed E-state index contributed by atoms with van der Waals surface area (Å²) in [5.74, 6) is 0.268. The molecule has 1 aliphatic carbocycles. The lowest BCUT2D eigenvalue weighted by molar-refractivity contribution is -0.137. The van der Waals surface area contributed by atoms with Crippen LogP contribution in [0.3, 0.4) is 0 Å². The summed E-state index contributed by atoms with van der Waals surface area (Å²) in [6.45, 7) is 5.83. The van der Waals surface area contributed by atoms with Gasteiger partial charge >= 0.3 is 0 Å².